The molecule has 0 bridgehead atoms. The van der Waals surface area contributed by atoms with Crippen LogP contribution in [0, 0.1) is 6.92 Å². The van der Waals surface area contributed by atoms with Crippen LogP contribution in [0.4, 0.5) is 5.82 Å². The fourth-order valence-corrected chi connectivity index (χ4v) is 1.71. The molecule has 0 aliphatic carbocycles. The molecule has 2 aromatic rings. The highest BCUT2D eigenvalue weighted by molar-refractivity contribution is 5.91. The highest BCUT2D eigenvalue weighted by Gasteiger charge is 2.29. The van der Waals surface area contributed by atoms with Crippen LogP contribution < -0.4 is 5.32 Å². The summed E-state index contributed by atoms with van der Waals surface area (Å²) < 4.78 is 0. The van der Waals surface area contributed by atoms with Gasteiger partial charge in [-0.2, -0.15) is 0 Å². The van der Waals surface area contributed by atoms with Crippen LogP contribution in [0.3, 0.4) is 0 Å². The molecule has 0 saturated carbocycles. The molecular weight excluding hydrogens is 246 g/mol. The number of hydrogen-bond acceptors (Lipinski definition) is 5. The molecular formula is C13H15N3O3. The molecule has 1 aromatic carbocycles. The van der Waals surface area contributed by atoms with Crippen molar-refractivity contribution in [2.45, 2.75) is 19.4 Å². The summed E-state index contributed by atoms with van der Waals surface area (Å²) >= 11 is 0. The number of fused-ring (bicyclic) bond motifs is 1. The lowest BCUT2D eigenvalue weighted by atomic mass is 10.1. The van der Waals surface area contributed by atoms with Gasteiger partial charge in [-0.15, -0.1) is 0 Å². The summed E-state index contributed by atoms with van der Waals surface area (Å²) in [5.74, 6) is -0.773. The fourth-order valence-electron chi connectivity index (χ4n) is 1.71. The molecule has 0 radical (unpaired) electrons. The minimum absolute atomic E-state index is 0.137. The number of aryl methyl sites for hydroxylation is 1. The lowest BCUT2D eigenvalue weighted by Crippen LogP contribution is -2.42. The van der Waals surface area contributed by atoms with Gasteiger partial charge < -0.3 is 15.5 Å². The maximum absolute atomic E-state index is 10.8. The van der Waals surface area contributed by atoms with Gasteiger partial charge in [-0.25, -0.2) is 14.8 Å². The minimum Gasteiger partial charge on any atom is -0.479 e. The first-order chi connectivity index (χ1) is 8.92. The summed E-state index contributed by atoms with van der Waals surface area (Å²) in [6, 6.07) is 5.66. The van der Waals surface area contributed by atoms with E-state index >= 15 is 0 Å². The number of carboxylic acids is 1. The highest BCUT2D eigenvalue weighted by atomic mass is 16.4. The average Bonchev–Trinajstić information content (AvgIpc) is 2.37. The molecule has 3 N–H and O–H groups in total. The van der Waals surface area contributed by atoms with Crippen molar-refractivity contribution in [2.24, 2.45) is 0 Å². The van der Waals surface area contributed by atoms with Crippen LogP contribution in [0.25, 0.3) is 10.9 Å². The van der Waals surface area contributed by atoms with Crippen molar-refractivity contribution < 1.29 is 15.0 Å². The number of anilines is 1. The van der Waals surface area contributed by atoms with E-state index in [0.717, 1.165) is 16.5 Å². The maximum Gasteiger partial charge on any atom is 0.337 e. The topological polar surface area (TPSA) is 95.3 Å². The van der Waals surface area contributed by atoms with Gasteiger partial charge in [0.25, 0.3) is 0 Å². The van der Waals surface area contributed by atoms with E-state index in [4.69, 9.17) is 5.11 Å². The Hall–Kier alpha value is -2.21. The number of carbonyl (C=O) groups is 1. The molecule has 2 rings (SSSR count). The van der Waals surface area contributed by atoms with Crippen LogP contribution in [0.15, 0.2) is 24.5 Å². The third-order valence-electron chi connectivity index (χ3n) is 2.93. The number of carboxylic acid groups (broad SMARTS) is 1. The molecule has 0 fully saturated rings. The zero-order chi connectivity index (χ0) is 14.0. The third-order valence-corrected chi connectivity index (χ3v) is 2.93. The largest absolute Gasteiger partial charge is 0.479 e. The number of aromatic nitrogens is 2. The zero-order valence-corrected chi connectivity index (χ0v) is 10.7. The summed E-state index contributed by atoms with van der Waals surface area (Å²) in [7, 11) is 0. The van der Waals surface area contributed by atoms with Crippen LogP contribution in [-0.4, -0.2) is 38.3 Å². The summed E-state index contributed by atoms with van der Waals surface area (Å²) in [4.78, 5) is 19.1. The van der Waals surface area contributed by atoms with E-state index in [2.05, 4.69) is 15.3 Å². The van der Waals surface area contributed by atoms with Gasteiger partial charge in [0, 0.05) is 5.39 Å². The molecule has 0 saturated heterocycles. The molecule has 6 nitrogen and oxygen atoms in total. The van der Waals surface area contributed by atoms with E-state index < -0.39 is 11.6 Å². The van der Waals surface area contributed by atoms with Crippen molar-refractivity contribution in [1.82, 2.24) is 9.97 Å². The molecule has 0 spiro atoms. The predicted octanol–water partition coefficient (Wildman–Crippen LogP) is 1.19. The van der Waals surface area contributed by atoms with E-state index in [1.165, 1.54) is 13.3 Å². The van der Waals surface area contributed by atoms with Crippen LogP contribution in [-0.2, 0) is 4.79 Å². The molecule has 19 heavy (non-hydrogen) atoms. The number of para-hydroxylation sites is 1. The van der Waals surface area contributed by atoms with Crippen LogP contribution in [0.2, 0.25) is 0 Å². The molecule has 100 valence electrons. The first-order valence-corrected chi connectivity index (χ1v) is 5.82. The molecule has 1 atom stereocenters. The van der Waals surface area contributed by atoms with Crippen LogP contribution in [0.5, 0.6) is 0 Å². The van der Waals surface area contributed by atoms with Crippen molar-refractivity contribution in [1.29, 1.82) is 0 Å². The third kappa shape index (κ3) is 2.63. The molecule has 0 amide bonds. The number of nitrogens with one attached hydrogen (secondary N) is 1. The first-order valence-electron chi connectivity index (χ1n) is 5.82. The molecule has 0 aliphatic heterocycles. The predicted molar refractivity (Wildman–Crippen MR) is 71.0 cm³/mol. The Bertz CT molecular complexity index is 626. The van der Waals surface area contributed by atoms with Gasteiger partial charge in [0.05, 0.1) is 12.1 Å². The molecule has 6 heteroatoms. The Morgan fingerprint density at radius 2 is 2.16 bits per heavy atom. The van der Waals surface area contributed by atoms with Crippen molar-refractivity contribution in [3.05, 3.63) is 30.1 Å². The summed E-state index contributed by atoms with van der Waals surface area (Å²) in [6.07, 6.45) is 1.41. The molecule has 0 aliphatic rings. The number of aliphatic hydroxyl groups is 1. The lowest BCUT2D eigenvalue weighted by Gasteiger charge is -2.19. The minimum atomic E-state index is -1.85. The van der Waals surface area contributed by atoms with E-state index in [-0.39, 0.29) is 6.54 Å². The van der Waals surface area contributed by atoms with E-state index in [1.54, 1.807) is 0 Å². The Kier molecular flexibility index (Phi) is 3.35. The summed E-state index contributed by atoms with van der Waals surface area (Å²) in [5.41, 5.74) is -0.0379. The van der Waals surface area contributed by atoms with E-state index in [9.17, 15) is 9.90 Å². The second kappa shape index (κ2) is 4.81. The second-order valence-corrected chi connectivity index (χ2v) is 4.63. The van der Waals surface area contributed by atoms with Gasteiger partial charge >= 0.3 is 5.97 Å². The lowest BCUT2D eigenvalue weighted by molar-refractivity contribution is -0.155. The Labute approximate surface area is 110 Å². The molecule has 1 heterocycles. The van der Waals surface area contributed by atoms with E-state index in [1.807, 2.05) is 25.1 Å². The zero-order valence-electron chi connectivity index (χ0n) is 10.7. The van der Waals surface area contributed by atoms with Crippen molar-refractivity contribution in [3.63, 3.8) is 0 Å². The van der Waals surface area contributed by atoms with Crippen molar-refractivity contribution in [2.75, 3.05) is 11.9 Å². The van der Waals surface area contributed by atoms with Gasteiger partial charge in [-0.05, 0) is 25.5 Å². The first kappa shape index (κ1) is 13.2. The van der Waals surface area contributed by atoms with Gasteiger partial charge in [0.1, 0.15) is 12.1 Å². The summed E-state index contributed by atoms with van der Waals surface area (Å²) in [6.45, 7) is 3.03. The monoisotopic (exact) mass is 261 g/mol. The number of aliphatic carboxylic acids is 1. The Balaban J connectivity index is 2.32. The molecule has 1 aromatic heterocycles. The number of hydrogen-bond donors (Lipinski definition) is 3. The van der Waals surface area contributed by atoms with Crippen LogP contribution >= 0.6 is 0 Å². The second-order valence-electron chi connectivity index (χ2n) is 4.63. The number of nitrogens with zero attached hydrogens (tertiary/aromatic N) is 2. The quantitative estimate of drug-likeness (QED) is 0.765. The van der Waals surface area contributed by atoms with E-state index in [0.29, 0.717) is 5.82 Å². The normalized spacial score (nSPS) is 14.1. The van der Waals surface area contributed by atoms with Gasteiger partial charge in [-0.3, -0.25) is 0 Å². The van der Waals surface area contributed by atoms with Gasteiger partial charge in [-0.1, -0.05) is 12.1 Å². The smallest absolute Gasteiger partial charge is 0.337 e. The van der Waals surface area contributed by atoms with Gasteiger partial charge in [0.15, 0.2) is 5.60 Å². The number of benzene rings is 1. The average molecular weight is 261 g/mol. The van der Waals surface area contributed by atoms with Crippen LogP contribution in [0.1, 0.15) is 12.5 Å². The fraction of sp³-hybridized carbons (Fsp3) is 0.308. The van der Waals surface area contributed by atoms with Gasteiger partial charge in [0.2, 0.25) is 0 Å². The highest BCUT2D eigenvalue weighted by Crippen LogP contribution is 2.22. The molecule has 1 unspecified atom stereocenters. The SMILES string of the molecule is Cc1cccc2c(NCC(C)(O)C(=O)O)ncnc12. The summed E-state index contributed by atoms with van der Waals surface area (Å²) in [5, 5.41) is 22.2. The Morgan fingerprint density at radius 1 is 1.42 bits per heavy atom. The maximum atomic E-state index is 10.8. The standard InChI is InChI=1S/C13H15N3O3/c1-8-4-3-5-9-10(8)15-7-16-11(9)14-6-13(2,19)12(17)18/h3-5,7,19H,6H2,1-2H3,(H,17,18)(H,14,15,16). The Morgan fingerprint density at radius 3 is 2.84 bits per heavy atom. The van der Waals surface area contributed by atoms with Crippen molar-refractivity contribution >= 4 is 22.7 Å². The number of rotatable bonds is 4. The van der Waals surface area contributed by atoms with Crippen molar-refractivity contribution in [3.8, 4) is 0 Å².